The van der Waals surface area contributed by atoms with E-state index in [9.17, 15) is 4.79 Å². The van der Waals surface area contributed by atoms with Crippen molar-refractivity contribution in [3.63, 3.8) is 0 Å². The van der Waals surface area contributed by atoms with Crippen LogP contribution in [0.2, 0.25) is 0 Å². The number of hydrogen-bond acceptors (Lipinski definition) is 4. The summed E-state index contributed by atoms with van der Waals surface area (Å²) in [7, 11) is 3.55. The van der Waals surface area contributed by atoms with Crippen molar-refractivity contribution in [1.29, 1.82) is 0 Å². The van der Waals surface area contributed by atoms with Crippen molar-refractivity contribution in [1.82, 2.24) is 24.4 Å². The summed E-state index contributed by atoms with van der Waals surface area (Å²) in [6.45, 7) is 0.558. The molecule has 0 radical (unpaired) electrons. The number of hydrogen-bond donors (Lipinski definition) is 1. The van der Waals surface area contributed by atoms with Crippen LogP contribution in [-0.2, 0) is 18.4 Å². The van der Waals surface area contributed by atoms with Crippen LogP contribution in [0.15, 0.2) is 67.3 Å². The van der Waals surface area contributed by atoms with Crippen molar-refractivity contribution < 1.29 is 9.53 Å². The monoisotopic (exact) mass is 389 g/mol. The summed E-state index contributed by atoms with van der Waals surface area (Å²) in [6, 6.07) is 15.2. The van der Waals surface area contributed by atoms with Gasteiger partial charge in [0.2, 0.25) is 5.91 Å². The molecule has 0 aliphatic carbocycles. The number of carbonyl (C=O) groups excluding carboxylic acids is 1. The maximum Gasteiger partial charge on any atom is 0.222 e. The minimum Gasteiger partial charge on any atom is -0.497 e. The van der Waals surface area contributed by atoms with Gasteiger partial charge in [0.15, 0.2) is 0 Å². The second kappa shape index (κ2) is 8.18. The van der Waals surface area contributed by atoms with E-state index in [1.807, 2.05) is 70.9 Å². The first-order chi connectivity index (χ1) is 14.2. The van der Waals surface area contributed by atoms with Gasteiger partial charge < -0.3 is 19.2 Å². The number of aromatic nitrogens is 4. The number of aryl methyl sites for hydroxylation is 2. The van der Waals surface area contributed by atoms with Crippen LogP contribution in [0, 0.1) is 0 Å². The molecule has 148 valence electrons. The fourth-order valence-electron chi connectivity index (χ4n) is 3.39. The van der Waals surface area contributed by atoms with Gasteiger partial charge in [-0.2, -0.15) is 0 Å². The second-order valence-electron chi connectivity index (χ2n) is 6.85. The number of imidazole rings is 2. The topological polar surface area (TPSA) is 74.0 Å². The maximum atomic E-state index is 12.8. The number of nitrogens with one attached hydrogen (secondary N) is 1. The third kappa shape index (κ3) is 3.99. The molecule has 2 heterocycles. The zero-order valence-corrected chi connectivity index (χ0v) is 16.4. The van der Waals surface area contributed by atoms with E-state index >= 15 is 0 Å². The number of methoxy groups -OCH3 is 1. The third-order valence-electron chi connectivity index (χ3n) is 4.98. The van der Waals surface area contributed by atoms with Gasteiger partial charge in [0, 0.05) is 32.4 Å². The van der Waals surface area contributed by atoms with Crippen LogP contribution >= 0.6 is 0 Å². The van der Waals surface area contributed by atoms with E-state index in [2.05, 4.69) is 15.3 Å². The molecule has 7 heteroatoms. The number of fused-ring (bicyclic) bond motifs is 1. The molecule has 4 rings (SSSR count). The maximum absolute atomic E-state index is 12.8. The molecule has 0 saturated carbocycles. The van der Waals surface area contributed by atoms with E-state index in [1.54, 1.807) is 19.6 Å². The van der Waals surface area contributed by atoms with Crippen molar-refractivity contribution >= 4 is 16.9 Å². The summed E-state index contributed by atoms with van der Waals surface area (Å²) in [4.78, 5) is 21.6. The Morgan fingerprint density at radius 3 is 2.66 bits per heavy atom. The highest BCUT2D eigenvalue weighted by molar-refractivity contribution is 5.78. The highest BCUT2D eigenvalue weighted by Gasteiger charge is 2.21. The Bertz CT molecular complexity index is 1110. The Hall–Kier alpha value is -3.61. The van der Waals surface area contributed by atoms with Gasteiger partial charge in [0.1, 0.15) is 17.6 Å². The van der Waals surface area contributed by atoms with Crippen LogP contribution in [-0.4, -0.2) is 32.1 Å². The SMILES string of the molecule is COc1ccc(C(NC(=O)CCn2cnc3ccccc32)c2nccn2C)cc1. The van der Waals surface area contributed by atoms with Crippen molar-refractivity contribution in [3.05, 3.63) is 78.6 Å². The summed E-state index contributed by atoms with van der Waals surface area (Å²) >= 11 is 0. The van der Waals surface area contributed by atoms with Crippen LogP contribution in [0.5, 0.6) is 5.75 Å². The summed E-state index contributed by atoms with van der Waals surface area (Å²) in [5, 5.41) is 3.13. The molecule has 0 fully saturated rings. The van der Waals surface area contributed by atoms with Crippen molar-refractivity contribution in [2.75, 3.05) is 7.11 Å². The Morgan fingerprint density at radius 2 is 1.93 bits per heavy atom. The predicted molar refractivity (Wildman–Crippen MR) is 111 cm³/mol. The summed E-state index contributed by atoms with van der Waals surface area (Å²) < 4.78 is 9.16. The number of ether oxygens (including phenoxy) is 1. The molecule has 2 aromatic heterocycles. The van der Waals surface area contributed by atoms with Gasteiger partial charge in [-0.15, -0.1) is 0 Å². The molecule has 2 aromatic carbocycles. The zero-order valence-electron chi connectivity index (χ0n) is 16.4. The zero-order chi connectivity index (χ0) is 20.2. The van der Waals surface area contributed by atoms with E-state index in [1.165, 1.54) is 0 Å². The molecule has 1 amide bonds. The first-order valence-corrected chi connectivity index (χ1v) is 9.46. The summed E-state index contributed by atoms with van der Waals surface area (Å²) in [5.74, 6) is 1.49. The van der Waals surface area contributed by atoms with Crippen molar-refractivity contribution in [2.24, 2.45) is 7.05 Å². The average Bonchev–Trinajstić information content (AvgIpc) is 3.36. The second-order valence-corrected chi connectivity index (χ2v) is 6.85. The molecule has 0 bridgehead atoms. The molecule has 0 aliphatic heterocycles. The quantitative estimate of drug-likeness (QED) is 0.527. The largest absolute Gasteiger partial charge is 0.497 e. The first kappa shape index (κ1) is 18.7. The van der Waals surface area contributed by atoms with E-state index < -0.39 is 0 Å². The molecule has 0 aliphatic rings. The normalized spacial score (nSPS) is 12.1. The first-order valence-electron chi connectivity index (χ1n) is 9.46. The lowest BCUT2D eigenvalue weighted by molar-refractivity contribution is -0.121. The molecular formula is C22H23N5O2. The predicted octanol–water partition coefficient (Wildman–Crippen LogP) is 3.07. The number of amides is 1. The lowest BCUT2D eigenvalue weighted by Gasteiger charge is -2.19. The molecule has 1 unspecified atom stereocenters. The van der Waals surface area contributed by atoms with E-state index in [4.69, 9.17) is 4.74 Å². The average molecular weight is 389 g/mol. The standard InChI is InChI=1S/C22H23N5O2/c1-26-14-12-23-22(26)21(16-7-9-17(29-2)10-8-16)25-20(28)11-13-27-15-24-18-5-3-4-6-19(18)27/h3-10,12,14-15,21H,11,13H2,1-2H3,(H,25,28). The van der Waals surface area contributed by atoms with Gasteiger partial charge >= 0.3 is 0 Å². The molecule has 4 aromatic rings. The number of rotatable bonds is 7. The molecular weight excluding hydrogens is 366 g/mol. The van der Waals surface area contributed by atoms with Gasteiger partial charge in [0.05, 0.1) is 24.5 Å². The minimum absolute atomic E-state index is 0.0494. The molecule has 29 heavy (non-hydrogen) atoms. The Labute approximate surface area is 169 Å². The molecule has 0 saturated heterocycles. The van der Waals surface area contributed by atoms with Gasteiger partial charge in [-0.3, -0.25) is 4.79 Å². The fourth-order valence-corrected chi connectivity index (χ4v) is 3.39. The van der Waals surface area contributed by atoms with Gasteiger partial charge in [-0.25, -0.2) is 9.97 Å². The van der Waals surface area contributed by atoms with Gasteiger partial charge in [-0.05, 0) is 29.8 Å². The van der Waals surface area contributed by atoms with Crippen LogP contribution in [0.25, 0.3) is 11.0 Å². The number of nitrogens with zero attached hydrogens (tertiary/aromatic N) is 4. The smallest absolute Gasteiger partial charge is 0.222 e. The van der Waals surface area contributed by atoms with E-state index in [0.717, 1.165) is 28.2 Å². The Kier molecular flexibility index (Phi) is 5.29. The molecule has 7 nitrogen and oxygen atoms in total. The fraction of sp³-hybridized carbons (Fsp3) is 0.227. The Morgan fingerprint density at radius 1 is 1.14 bits per heavy atom. The highest BCUT2D eigenvalue weighted by Crippen LogP contribution is 2.23. The molecule has 1 atom stereocenters. The number of benzene rings is 2. The summed E-state index contributed by atoms with van der Waals surface area (Å²) in [6.07, 6.45) is 5.72. The number of para-hydroxylation sites is 2. The molecule has 0 spiro atoms. The number of carbonyl (C=O) groups is 1. The lowest BCUT2D eigenvalue weighted by Crippen LogP contribution is -2.31. The minimum atomic E-state index is -0.340. The highest BCUT2D eigenvalue weighted by atomic mass is 16.5. The van der Waals surface area contributed by atoms with E-state index in [-0.39, 0.29) is 11.9 Å². The van der Waals surface area contributed by atoms with Crippen LogP contribution in [0.1, 0.15) is 23.9 Å². The van der Waals surface area contributed by atoms with Crippen LogP contribution in [0.3, 0.4) is 0 Å². The van der Waals surface area contributed by atoms with Crippen LogP contribution < -0.4 is 10.1 Å². The third-order valence-corrected chi connectivity index (χ3v) is 4.98. The van der Waals surface area contributed by atoms with Crippen molar-refractivity contribution in [2.45, 2.75) is 19.0 Å². The van der Waals surface area contributed by atoms with Crippen LogP contribution in [0.4, 0.5) is 0 Å². The Balaban J connectivity index is 1.51. The van der Waals surface area contributed by atoms with E-state index in [0.29, 0.717) is 13.0 Å². The molecule has 1 N–H and O–H groups in total. The summed E-state index contributed by atoms with van der Waals surface area (Å²) in [5.41, 5.74) is 2.90. The lowest BCUT2D eigenvalue weighted by atomic mass is 10.1. The van der Waals surface area contributed by atoms with Crippen molar-refractivity contribution in [3.8, 4) is 5.75 Å². The van der Waals surface area contributed by atoms with Gasteiger partial charge in [0.25, 0.3) is 0 Å². The van der Waals surface area contributed by atoms with Gasteiger partial charge in [-0.1, -0.05) is 24.3 Å².